The van der Waals surface area contributed by atoms with E-state index in [0.29, 0.717) is 42.4 Å². The summed E-state index contributed by atoms with van der Waals surface area (Å²) in [5.74, 6) is -2.39. The Balaban J connectivity index is 1.75. The monoisotopic (exact) mass is 738 g/mol. The van der Waals surface area contributed by atoms with E-state index in [0.717, 1.165) is 0 Å². The van der Waals surface area contributed by atoms with Crippen molar-refractivity contribution in [3.05, 3.63) is 115 Å². The molecule has 2 aliphatic rings. The summed E-state index contributed by atoms with van der Waals surface area (Å²) < 4.78 is 96.8. The molecule has 268 valence electrons. The Hall–Kier alpha value is -4.41. The second-order valence-corrected chi connectivity index (χ2v) is 18.2. The molecule has 51 heavy (non-hydrogen) atoms. The van der Waals surface area contributed by atoms with Gasteiger partial charge in [0.05, 0.1) is 0 Å². The predicted molar refractivity (Wildman–Crippen MR) is 188 cm³/mol. The van der Waals surface area contributed by atoms with E-state index in [1.807, 2.05) is 39.8 Å². The van der Waals surface area contributed by atoms with Crippen LogP contribution in [0.25, 0.3) is 11.4 Å². The minimum atomic E-state index is -5.23. The fourth-order valence-electron chi connectivity index (χ4n) is 7.31. The molecule has 0 N–H and O–H groups in total. The van der Waals surface area contributed by atoms with Crippen molar-refractivity contribution in [3.8, 4) is 34.9 Å². The van der Waals surface area contributed by atoms with Crippen molar-refractivity contribution in [2.75, 3.05) is 26.4 Å². The first-order chi connectivity index (χ1) is 24.6. The molecule has 0 bridgehead atoms. The molecule has 0 amide bonds. The Bertz CT molecular complexity index is 1940. The van der Waals surface area contributed by atoms with E-state index in [2.05, 4.69) is 0 Å². The van der Waals surface area contributed by atoms with Crippen LogP contribution in [-0.4, -0.2) is 35.6 Å². The number of hydrogen-bond acceptors (Lipinski definition) is 4. The molecule has 0 spiro atoms. The molecule has 2 aliphatic carbocycles. The van der Waals surface area contributed by atoms with E-state index >= 15 is 17.6 Å². The van der Waals surface area contributed by atoms with Crippen molar-refractivity contribution in [1.29, 1.82) is 0 Å². The van der Waals surface area contributed by atoms with E-state index in [1.165, 1.54) is 33.4 Å². The molecule has 0 radical (unpaired) electrons. The Morgan fingerprint density at radius 1 is 0.588 bits per heavy atom. The molecule has 6 rings (SSSR count). The Kier molecular flexibility index (Phi) is 10.7. The van der Waals surface area contributed by atoms with Crippen LogP contribution in [0.3, 0.4) is 0 Å². The molecule has 0 saturated carbocycles. The summed E-state index contributed by atoms with van der Waals surface area (Å²) in [6, 6.07) is 8.45. The van der Waals surface area contributed by atoms with Gasteiger partial charge in [0, 0.05) is 0 Å². The van der Waals surface area contributed by atoms with Crippen molar-refractivity contribution in [2.45, 2.75) is 54.4 Å². The Morgan fingerprint density at radius 3 is 1.31 bits per heavy atom. The average Bonchev–Trinajstić information content (AvgIpc) is 3.92. The maximum atomic E-state index is 17.9. The van der Waals surface area contributed by atoms with E-state index in [9.17, 15) is 0 Å². The molecule has 2 aromatic carbocycles. The van der Waals surface area contributed by atoms with Crippen molar-refractivity contribution >= 4 is 7.74 Å². The summed E-state index contributed by atoms with van der Waals surface area (Å²) in [6.07, 6.45) is 11.3. The SMILES string of the molecule is CCOc1cc(C)c(OCC)n1-c1ccc(F)[c]([Ti]([C]2=CC=CC2)([C]2=CC=CC2)[c]2c(F)ccc(-n3c(OCC)cc(C)c3OCC)c2F)c1F. The van der Waals surface area contributed by atoms with Gasteiger partial charge >= 0.3 is 301 Å². The molecule has 0 unspecified atom stereocenters. The second kappa shape index (κ2) is 15.1. The van der Waals surface area contributed by atoms with Crippen LogP contribution in [0, 0.1) is 37.1 Å². The zero-order valence-electron chi connectivity index (χ0n) is 29.7. The van der Waals surface area contributed by atoms with Crippen LogP contribution >= 0.6 is 0 Å². The van der Waals surface area contributed by atoms with Crippen molar-refractivity contribution in [3.63, 3.8) is 0 Å². The molecular weight excluding hydrogens is 696 g/mol. The van der Waals surface area contributed by atoms with E-state index in [4.69, 9.17) is 18.9 Å². The predicted octanol–water partition coefficient (Wildman–Crippen LogP) is 8.83. The first kappa shape index (κ1) is 36.4. The normalized spacial score (nSPS) is 13.9. The van der Waals surface area contributed by atoms with Crippen LogP contribution in [0.2, 0.25) is 0 Å². The van der Waals surface area contributed by atoms with Crippen LogP contribution < -0.4 is 26.7 Å². The van der Waals surface area contributed by atoms with Gasteiger partial charge in [0.2, 0.25) is 0 Å². The first-order valence-electron chi connectivity index (χ1n) is 17.3. The minimum absolute atomic E-state index is 0.0465. The Labute approximate surface area is 299 Å². The maximum absolute atomic E-state index is 17.9. The van der Waals surface area contributed by atoms with Gasteiger partial charge in [-0.3, -0.25) is 0 Å². The summed E-state index contributed by atoms with van der Waals surface area (Å²) in [5, 5.41) is 0. The third-order valence-corrected chi connectivity index (χ3v) is 17.2. The van der Waals surface area contributed by atoms with Gasteiger partial charge in [0.25, 0.3) is 0 Å². The van der Waals surface area contributed by atoms with Gasteiger partial charge in [0.1, 0.15) is 0 Å². The fourth-order valence-corrected chi connectivity index (χ4v) is 15.6. The second-order valence-electron chi connectivity index (χ2n) is 12.3. The van der Waals surface area contributed by atoms with Crippen LogP contribution in [0.5, 0.6) is 23.5 Å². The van der Waals surface area contributed by atoms with Crippen LogP contribution in [-0.2, 0) is 16.6 Å². The van der Waals surface area contributed by atoms with Crippen molar-refractivity contribution in [1.82, 2.24) is 9.13 Å². The molecule has 11 heteroatoms. The number of halogens is 4. The van der Waals surface area contributed by atoms with Gasteiger partial charge in [-0.2, -0.15) is 0 Å². The number of rotatable bonds is 14. The summed E-state index contributed by atoms with van der Waals surface area (Å²) >= 11 is -5.23. The third kappa shape index (κ3) is 6.06. The van der Waals surface area contributed by atoms with Gasteiger partial charge in [-0.25, -0.2) is 0 Å². The van der Waals surface area contributed by atoms with Crippen LogP contribution in [0.15, 0.2) is 80.6 Å². The number of benzene rings is 2. The van der Waals surface area contributed by atoms with Gasteiger partial charge in [0.15, 0.2) is 0 Å². The van der Waals surface area contributed by atoms with E-state index in [1.54, 1.807) is 50.3 Å². The molecular formula is C40H42F4N2O4Ti. The molecule has 0 atom stereocenters. The van der Waals surface area contributed by atoms with Crippen LogP contribution in [0.4, 0.5) is 17.6 Å². The third-order valence-electron chi connectivity index (χ3n) is 9.23. The summed E-state index contributed by atoms with van der Waals surface area (Å²) in [7, 11) is 0. The molecule has 0 saturated heterocycles. The number of nitrogens with zero attached hydrogens (tertiary/aromatic N) is 2. The molecule has 6 nitrogen and oxygen atoms in total. The van der Waals surface area contributed by atoms with E-state index < -0.39 is 39.9 Å². The number of hydrogen-bond donors (Lipinski definition) is 0. The summed E-state index contributed by atoms with van der Waals surface area (Å²) in [5.41, 5.74) is 1.28. The average molecular weight is 739 g/mol. The Morgan fingerprint density at radius 2 is 0.980 bits per heavy atom. The zero-order chi connectivity index (χ0) is 36.4. The van der Waals surface area contributed by atoms with E-state index in [-0.39, 0.29) is 58.4 Å². The van der Waals surface area contributed by atoms with Gasteiger partial charge in [-0.15, -0.1) is 0 Å². The number of aryl methyl sites for hydroxylation is 2. The molecule has 2 heterocycles. The molecule has 0 aliphatic heterocycles. The number of allylic oxidation sites excluding steroid dienone is 8. The van der Waals surface area contributed by atoms with Crippen molar-refractivity contribution < 1.29 is 53.1 Å². The van der Waals surface area contributed by atoms with Gasteiger partial charge in [-0.05, 0) is 0 Å². The first-order valence-corrected chi connectivity index (χ1v) is 20.4. The number of aromatic nitrogens is 2. The molecule has 4 aromatic rings. The number of ether oxygens (including phenoxy) is 4. The summed E-state index contributed by atoms with van der Waals surface area (Å²) in [4.78, 5) is 0. The summed E-state index contributed by atoms with van der Waals surface area (Å²) in [6.45, 7) is 12.0. The quantitative estimate of drug-likeness (QED) is 0.0959. The van der Waals surface area contributed by atoms with Crippen LogP contribution in [0.1, 0.15) is 51.7 Å². The van der Waals surface area contributed by atoms with Crippen molar-refractivity contribution in [2.24, 2.45) is 0 Å². The standard InChI is InChI=1S/2C15H16F2NO2.2C5H5.Ti/c2*1-4-19-14-8-10(3)15(20-5-2)18(14)13-7-6-11(16)9-12(13)17;2*1-2-4-5-3-1;/h2*6-8H,4-5H2,1-3H3;2*1-3H,4H2;. The fraction of sp³-hybridized carbons (Fsp3) is 0.300. The topological polar surface area (TPSA) is 46.8 Å². The zero-order valence-corrected chi connectivity index (χ0v) is 31.3. The van der Waals surface area contributed by atoms with Gasteiger partial charge in [-0.1, -0.05) is 0 Å². The molecule has 2 aromatic heterocycles. The van der Waals surface area contributed by atoms with Gasteiger partial charge < -0.3 is 0 Å². The molecule has 0 fully saturated rings.